The third-order valence-electron chi connectivity index (χ3n) is 8.53. The fourth-order valence-corrected chi connectivity index (χ4v) is 6.05. The maximum Gasteiger partial charge on any atom is 0.472 e. The van der Waals surface area contributed by atoms with Crippen LogP contribution in [0.3, 0.4) is 0 Å². The van der Waals surface area contributed by atoms with Gasteiger partial charge in [-0.15, -0.1) is 0 Å². The van der Waals surface area contributed by atoms with Crippen molar-refractivity contribution in [2.24, 2.45) is 5.73 Å². The van der Waals surface area contributed by atoms with Crippen LogP contribution < -0.4 is 5.73 Å². The zero-order valence-electron chi connectivity index (χ0n) is 34.0. The van der Waals surface area contributed by atoms with Crippen molar-refractivity contribution in [2.75, 3.05) is 19.8 Å². The molecule has 0 aliphatic rings. The zero-order chi connectivity index (χ0) is 40.7. The first-order valence-corrected chi connectivity index (χ1v) is 22.3. The van der Waals surface area contributed by atoms with Crippen molar-refractivity contribution in [1.29, 1.82) is 0 Å². The second-order valence-electron chi connectivity index (χ2n) is 13.7. The smallest absolute Gasteiger partial charge is 0.472 e. The van der Waals surface area contributed by atoms with Crippen LogP contribution in [-0.4, -0.2) is 59.9 Å². The van der Waals surface area contributed by atoms with Crippen LogP contribution in [0.2, 0.25) is 0 Å². The molecule has 0 saturated carbocycles. The number of esters is 2. The molecule has 0 aromatic heterocycles. The third-order valence-corrected chi connectivity index (χ3v) is 9.48. The molecule has 0 fully saturated rings. The Hall–Kier alpha value is -2.82. The quantitative estimate of drug-likeness (QED) is 0.0235. The molecule has 0 rings (SSSR count). The Kier molecular flexibility index (Phi) is 36.1. The molecule has 11 nitrogen and oxygen atoms in total. The summed E-state index contributed by atoms with van der Waals surface area (Å²) in [6, 6.07) is -1.53. The summed E-state index contributed by atoms with van der Waals surface area (Å²) in [5, 5.41) is 8.88. The third kappa shape index (κ3) is 37.9. The summed E-state index contributed by atoms with van der Waals surface area (Å²) in [5.41, 5.74) is 5.32. The Morgan fingerprint density at radius 2 is 1.02 bits per heavy atom. The summed E-state index contributed by atoms with van der Waals surface area (Å²) in [5.74, 6) is -2.46. The van der Waals surface area contributed by atoms with Gasteiger partial charge in [0.25, 0.3) is 0 Å². The van der Waals surface area contributed by atoms with E-state index in [2.05, 4.69) is 67.0 Å². The van der Waals surface area contributed by atoms with Crippen LogP contribution in [0.4, 0.5) is 0 Å². The Labute approximate surface area is 332 Å². The number of phosphoric ester groups is 1. The minimum Gasteiger partial charge on any atom is -0.480 e. The molecule has 0 aliphatic carbocycles. The summed E-state index contributed by atoms with van der Waals surface area (Å²) in [6.45, 7) is 2.62. The topological polar surface area (TPSA) is 172 Å². The van der Waals surface area contributed by atoms with Crippen LogP contribution in [0, 0.1) is 0 Å². The molecule has 0 amide bonds. The van der Waals surface area contributed by atoms with E-state index in [1.54, 1.807) is 0 Å². The second kappa shape index (κ2) is 38.1. The van der Waals surface area contributed by atoms with Crippen molar-refractivity contribution in [3.63, 3.8) is 0 Å². The second-order valence-corrected chi connectivity index (χ2v) is 15.2. The molecule has 0 saturated heterocycles. The fraction of sp³-hybridized carbons (Fsp3) is 0.698. The van der Waals surface area contributed by atoms with E-state index in [-0.39, 0.29) is 19.4 Å². The summed E-state index contributed by atoms with van der Waals surface area (Å²) >= 11 is 0. The number of carbonyl (C=O) groups is 3. The summed E-state index contributed by atoms with van der Waals surface area (Å²) in [4.78, 5) is 45.9. The van der Waals surface area contributed by atoms with Crippen molar-refractivity contribution in [1.82, 2.24) is 0 Å². The van der Waals surface area contributed by atoms with E-state index < -0.39 is 51.1 Å². The molecular weight excluding hydrogens is 721 g/mol. The average molecular weight is 796 g/mol. The van der Waals surface area contributed by atoms with Crippen LogP contribution in [0.15, 0.2) is 60.8 Å². The van der Waals surface area contributed by atoms with Crippen molar-refractivity contribution in [3.8, 4) is 0 Å². The predicted octanol–water partition coefficient (Wildman–Crippen LogP) is 10.8. The van der Waals surface area contributed by atoms with Gasteiger partial charge >= 0.3 is 25.7 Å². The lowest BCUT2D eigenvalue weighted by atomic mass is 10.0. The summed E-state index contributed by atoms with van der Waals surface area (Å²) in [7, 11) is -4.73. The van der Waals surface area contributed by atoms with Gasteiger partial charge in [-0.25, -0.2) is 4.57 Å². The number of nitrogens with two attached hydrogens (primary N) is 1. The van der Waals surface area contributed by atoms with Gasteiger partial charge in [-0.05, 0) is 51.4 Å². The first-order chi connectivity index (χ1) is 26.6. The van der Waals surface area contributed by atoms with E-state index >= 15 is 0 Å². The number of phosphoric acid groups is 1. The van der Waals surface area contributed by atoms with Crippen LogP contribution in [0.25, 0.3) is 0 Å². The predicted molar refractivity (Wildman–Crippen MR) is 221 cm³/mol. The number of allylic oxidation sites excluding steroid dienone is 10. The molecule has 0 aromatic rings. The number of aliphatic carboxylic acids is 1. The van der Waals surface area contributed by atoms with Gasteiger partial charge in [0.2, 0.25) is 0 Å². The van der Waals surface area contributed by atoms with Crippen LogP contribution in [-0.2, 0) is 37.5 Å². The number of hydrogen-bond acceptors (Lipinski definition) is 9. The first kappa shape index (κ1) is 52.2. The highest BCUT2D eigenvalue weighted by atomic mass is 31.2. The number of carboxylic acid groups (broad SMARTS) is 1. The van der Waals surface area contributed by atoms with Gasteiger partial charge in [-0.2, -0.15) is 0 Å². The fourth-order valence-electron chi connectivity index (χ4n) is 5.28. The standard InChI is InChI=1S/C43H74NO10P/c1-3-5-7-9-11-13-15-17-19-20-21-23-25-27-29-31-33-35-42(46)54-39(37-52-55(49,50)53-38-40(44)43(47)48)36-51-41(45)34-32-30-28-26-24-22-18-16-14-12-10-8-6-4-2/h5,7,11,13,17,19,21,23,27,29,39-40H,3-4,6,8-10,12,14-16,18,20,22,24-26,28,30-38,44H2,1-2H3,(H,47,48)(H,49,50)/b7-5-,13-11-,19-17-,23-21-,29-27-/t39-,40+/m1/s1. The van der Waals surface area contributed by atoms with E-state index in [0.29, 0.717) is 19.3 Å². The first-order valence-electron chi connectivity index (χ1n) is 20.8. The number of carboxylic acids is 1. The molecule has 55 heavy (non-hydrogen) atoms. The molecule has 0 aliphatic heterocycles. The minimum absolute atomic E-state index is 0.0819. The molecule has 0 heterocycles. The molecule has 3 atom stereocenters. The monoisotopic (exact) mass is 796 g/mol. The molecule has 12 heteroatoms. The van der Waals surface area contributed by atoms with Gasteiger partial charge in [0.15, 0.2) is 6.10 Å². The Balaban J connectivity index is 4.50. The van der Waals surface area contributed by atoms with Gasteiger partial charge in [0.1, 0.15) is 12.6 Å². The van der Waals surface area contributed by atoms with E-state index in [0.717, 1.165) is 51.4 Å². The highest BCUT2D eigenvalue weighted by Gasteiger charge is 2.28. The van der Waals surface area contributed by atoms with Gasteiger partial charge < -0.3 is 25.2 Å². The average Bonchev–Trinajstić information content (AvgIpc) is 3.16. The molecule has 0 radical (unpaired) electrons. The molecule has 1 unspecified atom stereocenters. The molecule has 0 spiro atoms. The number of hydrogen-bond donors (Lipinski definition) is 3. The number of rotatable bonds is 38. The summed E-state index contributed by atoms with van der Waals surface area (Å²) in [6.07, 6.45) is 42.9. The maximum atomic E-state index is 12.6. The van der Waals surface area contributed by atoms with Crippen molar-refractivity contribution in [3.05, 3.63) is 60.8 Å². The molecule has 0 aromatic carbocycles. The Morgan fingerprint density at radius 1 is 0.582 bits per heavy atom. The van der Waals surface area contributed by atoms with Crippen LogP contribution in [0.1, 0.15) is 162 Å². The largest absolute Gasteiger partial charge is 0.480 e. The van der Waals surface area contributed by atoms with Gasteiger partial charge in [0, 0.05) is 12.8 Å². The van der Waals surface area contributed by atoms with E-state index in [1.165, 1.54) is 64.2 Å². The van der Waals surface area contributed by atoms with E-state index in [9.17, 15) is 23.8 Å². The molecular formula is C43H74NO10P. The Bertz CT molecular complexity index is 1170. The zero-order valence-corrected chi connectivity index (χ0v) is 34.9. The maximum absolute atomic E-state index is 12.6. The normalized spacial score (nSPS) is 14.4. The van der Waals surface area contributed by atoms with Crippen LogP contribution in [0.5, 0.6) is 0 Å². The number of ether oxygens (including phenoxy) is 2. The van der Waals surface area contributed by atoms with Gasteiger partial charge in [-0.1, -0.05) is 158 Å². The lowest BCUT2D eigenvalue weighted by Gasteiger charge is -2.20. The molecule has 4 N–H and O–H groups in total. The van der Waals surface area contributed by atoms with Gasteiger partial charge in [-0.3, -0.25) is 23.4 Å². The lowest BCUT2D eigenvalue weighted by molar-refractivity contribution is -0.161. The molecule has 0 bridgehead atoms. The van der Waals surface area contributed by atoms with Crippen LogP contribution >= 0.6 is 7.82 Å². The lowest BCUT2D eigenvalue weighted by Crippen LogP contribution is -2.34. The minimum atomic E-state index is -4.73. The molecule has 316 valence electrons. The number of unbranched alkanes of at least 4 members (excludes halogenated alkanes) is 14. The number of carbonyl (C=O) groups excluding carboxylic acids is 2. The summed E-state index contributed by atoms with van der Waals surface area (Å²) < 4.78 is 32.6. The van der Waals surface area contributed by atoms with E-state index in [1.807, 2.05) is 12.2 Å². The van der Waals surface area contributed by atoms with E-state index in [4.69, 9.17) is 24.8 Å². The van der Waals surface area contributed by atoms with Crippen molar-refractivity contribution in [2.45, 2.75) is 174 Å². The van der Waals surface area contributed by atoms with Gasteiger partial charge in [0.05, 0.1) is 13.2 Å². The SMILES string of the molecule is CC/C=C\C/C=C\C/C=C\C/C=C\C/C=C\CCCC(=O)O[C@H](COC(=O)CCCCCCCCCCCCCCCC)COP(=O)(O)OC[C@H](N)C(=O)O. The van der Waals surface area contributed by atoms with Crippen molar-refractivity contribution < 1.29 is 47.5 Å². The Morgan fingerprint density at radius 3 is 1.51 bits per heavy atom. The highest BCUT2D eigenvalue weighted by Crippen LogP contribution is 2.43. The highest BCUT2D eigenvalue weighted by molar-refractivity contribution is 7.47. The van der Waals surface area contributed by atoms with Crippen molar-refractivity contribution >= 4 is 25.7 Å².